The Morgan fingerprint density at radius 1 is 1.45 bits per heavy atom. The summed E-state index contributed by atoms with van der Waals surface area (Å²) in [5, 5.41) is 3.23. The van der Waals surface area contributed by atoms with Gasteiger partial charge in [-0.3, -0.25) is 4.79 Å². The molecule has 20 heavy (non-hydrogen) atoms. The van der Waals surface area contributed by atoms with Gasteiger partial charge >= 0.3 is 0 Å². The van der Waals surface area contributed by atoms with Crippen LogP contribution in [0.4, 0.5) is 5.69 Å². The van der Waals surface area contributed by atoms with E-state index in [-0.39, 0.29) is 18.1 Å². The molecular weight excluding hydrogens is 252 g/mol. The maximum Gasteiger partial charge on any atom is 0.244 e. The van der Waals surface area contributed by atoms with E-state index in [9.17, 15) is 4.79 Å². The first kappa shape index (κ1) is 14.9. The Bertz CT molecular complexity index is 462. The maximum atomic E-state index is 12.3. The molecule has 2 atom stereocenters. The molecule has 0 bridgehead atoms. The second kappa shape index (κ2) is 6.75. The fraction of sp³-hybridized carbons (Fsp3) is 0.562. The van der Waals surface area contributed by atoms with Crippen molar-refractivity contribution in [2.45, 2.75) is 45.8 Å². The fourth-order valence-corrected chi connectivity index (χ4v) is 2.41. The van der Waals surface area contributed by atoms with E-state index in [1.165, 1.54) is 0 Å². The number of ether oxygens (including phenoxy) is 1. The van der Waals surface area contributed by atoms with Crippen molar-refractivity contribution in [1.29, 1.82) is 0 Å². The van der Waals surface area contributed by atoms with E-state index in [0.717, 1.165) is 37.4 Å². The summed E-state index contributed by atoms with van der Waals surface area (Å²) in [6.07, 6.45) is 2.02. The minimum absolute atomic E-state index is 0.0425. The van der Waals surface area contributed by atoms with Gasteiger partial charge in [-0.2, -0.15) is 0 Å². The van der Waals surface area contributed by atoms with Crippen molar-refractivity contribution in [2.75, 3.05) is 18.0 Å². The molecule has 0 aliphatic carbocycles. The third-order valence-electron chi connectivity index (χ3n) is 3.70. The zero-order chi connectivity index (χ0) is 14.5. The number of hydrogen-bond acceptors (Lipinski definition) is 3. The van der Waals surface area contributed by atoms with Crippen LogP contribution in [0.3, 0.4) is 0 Å². The highest BCUT2D eigenvalue weighted by Crippen LogP contribution is 2.26. The molecule has 110 valence electrons. The number of likely N-dealkylation sites (N-methyl/N-ethyl adjacent to an activating group) is 1. The largest absolute Gasteiger partial charge is 0.491 e. The second-order valence-electron chi connectivity index (χ2n) is 5.22. The van der Waals surface area contributed by atoms with Gasteiger partial charge in [0.05, 0.1) is 12.1 Å². The van der Waals surface area contributed by atoms with E-state index in [2.05, 4.69) is 19.2 Å². The summed E-state index contributed by atoms with van der Waals surface area (Å²) in [7, 11) is 0. The molecule has 0 spiro atoms. The van der Waals surface area contributed by atoms with Gasteiger partial charge < -0.3 is 15.0 Å². The SMILES string of the molecule is CCNC1CCN(c2cccc(OC(C)CC)c2)C1=O. The number of rotatable bonds is 6. The number of nitrogens with one attached hydrogen (secondary N) is 1. The fourth-order valence-electron chi connectivity index (χ4n) is 2.41. The van der Waals surface area contributed by atoms with E-state index in [1.807, 2.05) is 36.1 Å². The number of carbonyl (C=O) groups excluding carboxylic acids is 1. The third kappa shape index (κ3) is 3.31. The van der Waals surface area contributed by atoms with E-state index >= 15 is 0 Å². The molecule has 1 heterocycles. The maximum absolute atomic E-state index is 12.3. The van der Waals surface area contributed by atoms with Gasteiger partial charge in [0.25, 0.3) is 0 Å². The molecular formula is C16H24N2O2. The monoisotopic (exact) mass is 276 g/mol. The van der Waals surface area contributed by atoms with Crippen LogP contribution >= 0.6 is 0 Å². The lowest BCUT2D eigenvalue weighted by Gasteiger charge is -2.19. The zero-order valence-electron chi connectivity index (χ0n) is 12.6. The molecule has 1 fully saturated rings. The van der Waals surface area contributed by atoms with Gasteiger partial charge in [0.2, 0.25) is 5.91 Å². The molecule has 1 aromatic rings. The van der Waals surface area contributed by atoms with Gasteiger partial charge in [-0.25, -0.2) is 0 Å². The number of nitrogens with zero attached hydrogens (tertiary/aromatic N) is 1. The highest BCUT2D eigenvalue weighted by molar-refractivity contribution is 5.99. The van der Waals surface area contributed by atoms with Gasteiger partial charge in [0.1, 0.15) is 5.75 Å². The Balaban J connectivity index is 2.09. The summed E-state index contributed by atoms with van der Waals surface area (Å²) in [5.41, 5.74) is 0.927. The lowest BCUT2D eigenvalue weighted by Crippen LogP contribution is -2.38. The Morgan fingerprint density at radius 2 is 2.25 bits per heavy atom. The normalized spacial score (nSPS) is 20.2. The second-order valence-corrected chi connectivity index (χ2v) is 5.22. The predicted octanol–water partition coefficient (Wildman–Crippen LogP) is 2.58. The van der Waals surface area contributed by atoms with E-state index in [1.54, 1.807) is 0 Å². The minimum atomic E-state index is -0.0425. The first-order valence-corrected chi connectivity index (χ1v) is 7.47. The van der Waals surface area contributed by atoms with Crippen LogP contribution in [0, 0.1) is 0 Å². The summed E-state index contributed by atoms with van der Waals surface area (Å²) in [6, 6.07) is 7.77. The average Bonchev–Trinajstić information content (AvgIpc) is 2.81. The van der Waals surface area contributed by atoms with Gasteiger partial charge in [-0.1, -0.05) is 19.9 Å². The average molecular weight is 276 g/mol. The Morgan fingerprint density at radius 3 is 2.95 bits per heavy atom. The first-order chi connectivity index (χ1) is 9.65. The van der Waals surface area contributed by atoms with Crippen molar-refractivity contribution in [2.24, 2.45) is 0 Å². The Hall–Kier alpha value is -1.55. The predicted molar refractivity (Wildman–Crippen MR) is 81.3 cm³/mol. The smallest absolute Gasteiger partial charge is 0.244 e. The van der Waals surface area contributed by atoms with Crippen LogP contribution in [0.2, 0.25) is 0 Å². The van der Waals surface area contributed by atoms with E-state index in [4.69, 9.17) is 4.74 Å². The molecule has 0 aromatic heterocycles. The van der Waals surface area contributed by atoms with Crippen LogP contribution in [-0.2, 0) is 4.79 Å². The molecule has 0 saturated carbocycles. The summed E-state index contributed by atoms with van der Waals surface area (Å²) in [6.45, 7) is 7.76. The van der Waals surface area contributed by atoms with Crippen molar-refractivity contribution in [1.82, 2.24) is 5.32 Å². The number of anilines is 1. The Labute approximate surface area is 121 Å². The van der Waals surface area contributed by atoms with Crippen molar-refractivity contribution in [3.63, 3.8) is 0 Å². The van der Waals surface area contributed by atoms with Gasteiger partial charge in [-0.05, 0) is 38.4 Å². The molecule has 4 heteroatoms. The lowest BCUT2D eigenvalue weighted by molar-refractivity contribution is -0.118. The van der Waals surface area contributed by atoms with Crippen LogP contribution in [0.25, 0.3) is 0 Å². The highest BCUT2D eigenvalue weighted by Gasteiger charge is 2.31. The van der Waals surface area contributed by atoms with Crippen molar-refractivity contribution >= 4 is 11.6 Å². The summed E-state index contributed by atoms with van der Waals surface area (Å²) >= 11 is 0. The molecule has 1 amide bonds. The minimum Gasteiger partial charge on any atom is -0.491 e. The lowest BCUT2D eigenvalue weighted by atomic mass is 10.2. The Kier molecular flexibility index (Phi) is 5.01. The van der Waals surface area contributed by atoms with Crippen molar-refractivity contribution in [3.05, 3.63) is 24.3 Å². The molecule has 1 aliphatic heterocycles. The first-order valence-electron chi connectivity index (χ1n) is 7.47. The van der Waals surface area contributed by atoms with Crippen LogP contribution in [0.15, 0.2) is 24.3 Å². The van der Waals surface area contributed by atoms with Gasteiger partial charge in [0, 0.05) is 18.3 Å². The molecule has 0 radical (unpaired) electrons. The number of carbonyl (C=O) groups is 1. The molecule has 2 rings (SSSR count). The zero-order valence-corrected chi connectivity index (χ0v) is 12.6. The molecule has 1 aliphatic rings. The van der Waals surface area contributed by atoms with Gasteiger partial charge in [0.15, 0.2) is 0 Å². The standard InChI is InChI=1S/C16H24N2O2/c1-4-12(3)20-14-8-6-7-13(11-14)18-10-9-15(16(18)19)17-5-2/h6-8,11-12,15,17H,4-5,9-10H2,1-3H3. The van der Waals surface area contributed by atoms with Crippen LogP contribution in [0.5, 0.6) is 5.75 Å². The van der Waals surface area contributed by atoms with E-state index in [0.29, 0.717) is 0 Å². The number of amides is 1. The number of hydrogen-bond donors (Lipinski definition) is 1. The molecule has 1 saturated heterocycles. The topological polar surface area (TPSA) is 41.6 Å². The van der Waals surface area contributed by atoms with Crippen molar-refractivity contribution in [3.8, 4) is 5.75 Å². The molecule has 1 aromatic carbocycles. The number of benzene rings is 1. The quantitative estimate of drug-likeness (QED) is 0.868. The summed E-state index contributed by atoms with van der Waals surface area (Å²) < 4.78 is 5.82. The molecule has 2 unspecified atom stereocenters. The van der Waals surface area contributed by atoms with Crippen LogP contribution < -0.4 is 15.0 Å². The summed E-state index contributed by atoms with van der Waals surface area (Å²) in [4.78, 5) is 14.2. The van der Waals surface area contributed by atoms with Crippen LogP contribution in [0.1, 0.15) is 33.6 Å². The van der Waals surface area contributed by atoms with E-state index < -0.39 is 0 Å². The molecule has 4 nitrogen and oxygen atoms in total. The van der Waals surface area contributed by atoms with Gasteiger partial charge in [-0.15, -0.1) is 0 Å². The molecule has 1 N–H and O–H groups in total. The summed E-state index contributed by atoms with van der Waals surface area (Å²) in [5.74, 6) is 0.990. The highest BCUT2D eigenvalue weighted by atomic mass is 16.5. The third-order valence-corrected chi connectivity index (χ3v) is 3.70. The van der Waals surface area contributed by atoms with Crippen LogP contribution in [-0.4, -0.2) is 31.1 Å². The van der Waals surface area contributed by atoms with Crippen molar-refractivity contribution < 1.29 is 9.53 Å².